The highest BCUT2D eigenvalue weighted by Gasteiger charge is 2.17. The fraction of sp³-hybridized carbons (Fsp3) is 0. The van der Waals surface area contributed by atoms with Gasteiger partial charge in [-0.2, -0.15) is 0 Å². The van der Waals surface area contributed by atoms with Crippen molar-refractivity contribution in [3.05, 3.63) is 59.4 Å². The number of rotatable bonds is 2. The lowest BCUT2D eigenvalue weighted by molar-refractivity contribution is 0.0697. The summed E-state index contributed by atoms with van der Waals surface area (Å²) in [6, 6.07) is 5.90. The first-order chi connectivity index (χ1) is 8.50. The van der Waals surface area contributed by atoms with E-state index in [0.717, 1.165) is 36.4 Å². The number of carbonyl (C=O) groups is 1. The Morgan fingerprint density at radius 2 is 1.56 bits per heavy atom. The van der Waals surface area contributed by atoms with Crippen LogP contribution in [0.2, 0.25) is 0 Å². The lowest BCUT2D eigenvalue weighted by Crippen LogP contribution is -1.99. The fourth-order valence-corrected chi connectivity index (χ4v) is 1.61. The van der Waals surface area contributed by atoms with Gasteiger partial charge in [0, 0.05) is 5.56 Å². The van der Waals surface area contributed by atoms with E-state index in [2.05, 4.69) is 0 Å². The van der Waals surface area contributed by atoms with Crippen LogP contribution >= 0.6 is 0 Å². The molecule has 2 nitrogen and oxygen atoms in total. The van der Waals surface area contributed by atoms with Gasteiger partial charge in [-0.15, -0.1) is 0 Å². The maximum absolute atomic E-state index is 13.6. The molecule has 0 saturated heterocycles. The highest BCUT2D eigenvalue weighted by Crippen LogP contribution is 2.29. The van der Waals surface area contributed by atoms with E-state index in [-0.39, 0.29) is 5.56 Å². The van der Waals surface area contributed by atoms with Crippen molar-refractivity contribution in [2.24, 2.45) is 0 Å². The molecule has 18 heavy (non-hydrogen) atoms. The summed E-state index contributed by atoms with van der Waals surface area (Å²) < 4.78 is 40.5. The molecule has 0 aromatic heterocycles. The van der Waals surface area contributed by atoms with Crippen LogP contribution in [0.25, 0.3) is 11.1 Å². The highest BCUT2D eigenvalue weighted by molar-refractivity contribution is 5.89. The topological polar surface area (TPSA) is 37.3 Å². The Hall–Kier alpha value is -2.30. The van der Waals surface area contributed by atoms with Crippen LogP contribution in [0.5, 0.6) is 0 Å². The summed E-state index contributed by atoms with van der Waals surface area (Å²) in [7, 11) is 0. The van der Waals surface area contributed by atoms with Crippen molar-refractivity contribution in [1.82, 2.24) is 0 Å². The standard InChI is InChI=1S/C13H7F3O2/c14-9-5-4-7(13(17)18)6-8(9)12-10(15)2-1-3-11(12)16/h1-6H,(H,17,18). The van der Waals surface area contributed by atoms with Gasteiger partial charge in [-0.1, -0.05) is 6.07 Å². The largest absolute Gasteiger partial charge is 0.478 e. The summed E-state index contributed by atoms with van der Waals surface area (Å²) in [5.74, 6) is -4.08. The Morgan fingerprint density at radius 3 is 2.11 bits per heavy atom. The Morgan fingerprint density at radius 1 is 0.944 bits per heavy atom. The normalized spacial score (nSPS) is 10.4. The van der Waals surface area contributed by atoms with E-state index in [0.29, 0.717) is 0 Å². The van der Waals surface area contributed by atoms with Crippen molar-refractivity contribution in [2.75, 3.05) is 0 Å². The molecule has 0 aliphatic rings. The maximum Gasteiger partial charge on any atom is 0.335 e. The molecular formula is C13H7F3O2. The molecule has 0 amide bonds. The van der Waals surface area contributed by atoms with Crippen molar-refractivity contribution in [3.8, 4) is 11.1 Å². The van der Waals surface area contributed by atoms with Gasteiger partial charge in [-0.25, -0.2) is 18.0 Å². The minimum Gasteiger partial charge on any atom is -0.478 e. The molecule has 2 aromatic rings. The lowest BCUT2D eigenvalue weighted by atomic mass is 10.0. The molecular weight excluding hydrogens is 245 g/mol. The fourth-order valence-electron chi connectivity index (χ4n) is 1.61. The number of halogens is 3. The van der Waals surface area contributed by atoms with E-state index in [9.17, 15) is 18.0 Å². The Bertz CT molecular complexity index is 603. The summed E-state index contributed by atoms with van der Waals surface area (Å²) in [6.07, 6.45) is 0. The Labute approximate surface area is 100 Å². The molecule has 0 bridgehead atoms. The zero-order chi connectivity index (χ0) is 13.3. The first kappa shape index (κ1) is 12.2. The van der Waals surface area contributed by atoms with Crippen LogP contribution in [-0.4, -0.2) is 11.1 Å². The molecule has 0 spiro atoms. The molecule has 1 N–H and O–H groups in total. The number of hydrogen-bond donors (Lipinski definition) is 1. The van der Waals surface area contributed by atoms with Gasteiger partial charge in [0.05, 0.1) is 11.1 Å². The van der Waals surface area contributed by atoms with Gasteiger partial charge in [-0.3, -0.25) is 0 Å². The number of benzene rings is 2. The van der Waals surface area contributed by atoms with Crippen molar-refractivity contribution >= 4 is 5.97 Å². The molecule has 0 aliphatic heterocycles. The average molecular weight is 252 g/mol. The number of carboxylic acid groups (broad SMARTS) is 1. The van der Waals surface area contributed by atoms with Gasteiger partial charge in [-0.05, 0) is 30.3 Å². The summed E-state index contributed by atoms with van der Waals surface area (Å²) >= 11 is 0. The van der Waals surface area contributed by atoms with Gasteiger partial charge in [0.25, 0.3) is 0 Å². The zero-order valence-corrected chi connectivity index (χ0v) is 8.95. The molecule has 0 radical (unpaired) electrons. The second-order valence-electron chi connectivity index (χ2n) is 3.60. The summed E-state index contributed by atoms with van der Waals surface area (Å²) in [5.41, 5.74) is -1.22. The maximum atomic E-state index is 13.6. The molecule has 0 heterocycles. The number of carboxylic acids is 1. The third-order valence-corrected chi connectivity index (χ3v) is 2.45. The zero-order valence-electron chi connectivity index (χ0n) is 8.95. The lowest BCUT2D eigenvalue weighted by Gasteiger charge is -2.07. The molecule has 92 valence electrons. The predicted molar refractivity (Wildman–Crippen MR) is 58.7 cm³/mol. The number of aromatic carboxylic acids is 1. The molecule has 0 atom stereocenters. The van der Waals surface area contributed by atoms with Gasteiger partial charge in [0.1, 0.15) is 17.5 Å². The Balaban J connectivity index is 2.70. The average Bonchev–Trinajstić information content (AvgIpc) is 2.30. The molecule has 2 aromatic carbocycles. The van der Waals surface area contributed by atoms with E-state index >= 15 is 0 Å². The SMILES string of the molecule is O=C(O)c1ccc(F)c(-c2c(F)cccc2F)c1. The van der Waals surface area contributed by atoms with E-state index < -0.39 is 34.5 Å². The second-order valence-corrected chi connectivity index (χ2v) is 3.60. The summed E-state index contributed by atoms with van der Waals surface area (Å²) in [5, 5.41) is 8.78. The third kappa shape index (κ3) is 2.07. The van der Waals surface area contributed by atoms with Crippen LogP contribution in [0.15, 0.2) is 36.4 Å². The minimum absolute atomic E-state index is 0.242. The van der Waals surface area contributed by atoms with Gasteiger partial charge in [0.2, 0.25) is 0 Å². The Kier molecular flexibility index (Phi) is 3.06. The summed E-state index contributed by atoms with van der Waals surface area (Å²) in [6.45, 7) is 0. The van der Waals surface area contributed by atoms with Crippen LogP contribution in [0, 0.1) is 17.5 Å². The van der Waals surface area contributed by atoms with E-state index in [1.165, 1.54) is 0 Å². The molecule has 5 heteroatoms. The second kappa shape index (κ2) is 4.52. The smallest absolute Gasteiger partial charge is 0.335 e. The van der Waals surface area contributed by atoms with Crippen LogP contribution < -0.4 is 0 Å². The quantitative estimate of drug-likeness (QED) is 0.888. The third-order valence-electron chi connectivity index (χ3n) is 2.45. The van der Waals surface area contributed by atoms with Gasteiger partial charge < -0.3 is 5.11 Å². The number of hydrogen-bond acceptors (Lipinski definition) is 1. The van der Waals surface area contributed by atoms with E-state index in [4.69, 9.17) is 5.11 Å². The van der Waals surface area contributed by atoms with Crippen molar-refractivity contribution in [1.29, 1.82) is 0 Å². The van der Waals surface area contributed by atoms with Crippen LogP contribution in [0.1, 0.15) is 10.4 Å². The van der Waals surface area contributed by atoms with E-state index in [1.54, 1.807) is 0 Å². The van der Waals surface area contributed by atoms with Gasteiger partial charge in [0.15, 0.2) is 0 Å². The molecule has 0 aliphatic carbocycles. The van der Waals surface area contributed by atoms with Crippen LogP contribution in [0.3, 0.4) is 0 Å². The molecule has 0 saturated carbocycles. The monoisotopic (exact) mass is 252 g/mol. The summed E-state index contributed by atoms with van der Waals surface area (Å²) in [4.78, 5) is 10.8. The molecule has 0 fully saturated rings. The van der Waals surface area contributed by atoms with Crippen molar-refractivity contribution in [2.45, 2.75) is 0 Å². The molecule has 0 unspecified atom stereocenters. The highest BCUT2D eigenvalue weighted by atomic mass is 19.1. The molecule has 2 rings (SSSR count). The first-order valence-corrected chi connectivity index (χ1v) is 4.98. The van der Waals surface area contributed by atoms with Crippen molar-refractivity contribution in [3.63, 3.8) is 0 Å². The van der Waals surface area contributed by atoms with Crippen LogP contribution in [-0.2, 0) is 0 Å². The van der Waals surface area contributed by atoms with Gasteiger partial charge >= 0.3 is 5.97 Å². The van der Waals surface area contributed by atoms with Crippen LogP contribution in [0.4, 0.5) is 13.2 Å². The minimum atomic E-state index is -1.30. The predicted octanol–water partition coefficient (Wildman–Crippen LogP) is 3.47. The van der Waals surface area contributed by atoms with Crippen molar-refractivity contribution < 1.29 is 23.1 Å². The van der Waals surface area contributed by atoms with E-state index in [1.807, 2.05) is 0 Å². The first-order valence-electron chi connectivity index (χ1n) is 4.98.